The van der Waals surface area contributed by atoms with Gasteiger partial charge in [0.15, 0.2) is 6.61 Å². The Hall–Kier alpha value is -2.18. The molecule has 1 unspecified atom stereocenters. The lowest BCUT2D eigenvalue weighted by Crippen LogP contribution is -2.33. The van der Waals surface area contributed by atoms with Gasteiger partial charge >= 0.3 is 0 Å². The Morgan fingerprint density at radius 2 is 1.88 bits per heavy atom. The molecule has 0 bridgehead atoms. The lowest BCUT2D eigenvalue weighted by Gasteiger charge is -2.17. The summed E-state index contributed by atoms with van der Waals surface area (Å²) in [5.74, 6) is 0.872. The average molecular weight is 359 g/mol. The predicted molar refractivity (Wildman–Crippen MR) is 96.8 cm³/mol. The summed E-state index contributed by atoms with van der Waals surface area (Å²) in [4.78, 5) is 15.2. The van der Waals surface area contributed by atoms with Crippen LogP contribution in [0.5, 0.6) is 11.5 Å². The van der Waals surface area contributed by atoms with E-state index in [0.717, 1.165) is 23.4 Å². The maximum Gasteiger partial charge on any atom is 0.260 e. The molecule has 3 rings (SSSR count). The number of rotatable bonds is 6. The Labute approximate surface area is 151 Å². The number of aliphatic hydroxyl groups is 1. The second-order valence-corrected chi connectivity index (χ2v) is 7.33. The molecule has 0 radical (unpaired) electrons. The largest absolute Gasteiger partial charge is 0.508 e. The summed E-state index contributed by atoms with van der Waals surface area (Å²) >= 11 is 1.73. The number of aliphatic hydroxyl groups excluding tert-OH is 1. The van der Waals surface area contributed by atoms with Gasteiger partial charge in [0, 0.05) is 23.2 Å². The summed E-state index contributed by atoms with van der Waals surface area (Å²) in [5, 5.41) is 18.7. The molecule has 0 aliphatic carbocycles. The lowest BCUT2D eigenvalue weighted by molar-refractivity contribution is -0.132. The first-order valence-corrected chi connectivity index (χ1v) is 9.08. The minimum Gasteiger partial charge on any atom is -0.508 e. The highest BCUT2D eigenvalue weighted by Crippen LogP contribution is 2.30. The first-order valence-electron chi connectivity index (χ1n) is 8.20. The molecule has 1 aliphatic rings. The topological polar surface area (TPSA) is 70.0 Å². The molecule has 0 spiro atoms. The van der Waals surface area contributed by atoms with Crippen molar-refractivity contribution < 1.29 is 19.7 Å². The Balaban J connectivity index is 1.46. The number of phenolic OH excluding ortho intramolecular Hbond substituents is 1. The van der Waals surface area contributed by atoms with Crippen molar-refractivity contribution in [2.75, 3.05) is 19.7 Å². The van der Waals surface area contributed by atoms with Crippen LogP contribution in [-0.4, -0.2) is 46.0 Å². The van der Waals surface area contributed by atoms with Crippen molar-refractivity contribution in [2.24, 2.45) is 0 Å². The molecular formula is C19H21NO4S. The highest BCUT2D eigenvalue weighted by Gasteiger charge is 2.27. The Morgan fingerprint density at radius 1 is 1.16 bits per heavy atom. The van der Waals surface area contributed by atoms with Gasteiger partial charge in [0.25, 0.3) is 5.91 Å². The van der Waals surface area contributed by atoms with Gasteiger partial charge in [-0.05, 0) is 48.4 Å². The van der Waals surface area contributed by atoms with Gasteiger partial charge in [-0.1, -0.05) is 12.1 Å². The molecule has 132 valence electrons. The molecular weight excluding hydrogens is 338 g/mol. The monoisotopic (exact) mass is 359 g/mol. The smallest absolute Gasteiger partial charge is 0.260 e. The first-order chi connectivity index (χ1) is 12.1. The van der Waals surface area contributed by atoms with E-state index in [4.69, 9.17) is 9.84 Å². The zero-order chi connectivity index (χ0) is 17.6. The number of nitrogens with zero attached hydrogens (tertiary/aromatic N) is 1. The van der Waals surface area contributed by atoms with Crippen LogP contribution in [0.1, 0.15) is 12.0 Å². The van der Waals surface area contributed by atoms with Crippen LogP contribution in [0, 0.1) is 0 Å². The fraction of sp³-hybridized carbons (Fsp3) is 0.316. The van der Waals surface area contributed by atoms with Crippen molar-refractivity contribution in [3.05, 3.63) is 54.1 Å². The van der Waals surface area contributed by atoms with Crippen molar-refractivity contribution in [1.29, 1.82) is 0 Å². The number of amides is 1. The van der Waals surface area contributed by atoms with Gasteiger partial charge in [-0.15, -0.1) is 11.8 Å². The van der Waals surface area contributed by atoms with Gasteiger partial charge in [-0.3, -0.25) is 4.79 Å². The van der Waals surface area contributed by atoms with E-state index in [0.29, 0.717) is 17.5 Å². The number of thioether (sulfide) groups is 1. The van der Waals surface area contributed by atoms with E-state index in [1.165, 1.54) is 0 Å². The standard InChI is InChI=1S/C19H21NO4S/c21-12-14-1-5-16(6-2-14)24-13-19(23)20-10-9-18(11-20)25-17-7-3-15(22)4-8-17/h1-8,18,21-22H,9-13H2. The predicted octanol–water partition coefficient (Wildman–Crippen LogP) is 2.66. The maximum atomic E-state index is 12.3. The Kier molecular flexibility index (Phi) is 5.83. The highest BCUT2D eigenvalue weighted by molar-refractivity contribution is 8.00. The van der Waals surface area contributed by atoms with Gasteiger partial charge in [0.1, 0.15) is 11.5 Å². The van der Waals surface area contributed by atoms with Crippen LogP contribution in [-0.2, 0) is 11.4 Å². The molecule has 1 fully saturated rings. The zero-order valence-corrected chi connectivity index (χ0v) is 14.6. The zero-order valence-electron chi connectivity index (χ0n) is 13.8. The number of ether oxygens (including phenoxy) is 1. The van der Waals surface area contributed by atoms with Crippen LogP contribution in [0.4, 0.5) is 0 Å². The SMILES string of the molecule is O=C(COc1ccc(CO)cc1)N1CCC(Sc2ccc(O)cc2)C1. The molecule has 1 aliphatic heterocycles. The fourth-order valence-corrected chi connectivity index (χ4v) is 3.85. The summed E-state index contributed by atoms with van der Waals surface area (Å²) in [6.45, 7) is 1.46. The van der Waals surface area contributed by atoms with E-state index in [-0.39, 0.29) is 24.9 Å². The molecule has 2 aromatic carbocycles. The summed E-state index contributed by atoms with van der Waals surface area (Å²) in [5.41, 5.74) is 0.812. The van der Waals surface area contributed by atoms with Crippen molar-refractivity contribution >= 4 is 17.7 Å². The number of carbonyl (C=O) groups excluding carboxylic acids is 1. The second-order valence-electron chi connectivity index (χ2n) is 5.95. The van der Waals surface area contributed by atoms with E-state index < -0.39 is 0 Å². The molecule has 25 heavy (non-hydrogen) atoms. The van der Waals surface area contributed by atoms with Crippen molar-refractivity contribution in [3.63, 3.8) is 0 Å². The number of likely N-dealkylation sites (tertiary alicyclic amines) is 1. The van der Waals surface area contributed by atoms with E-state index in [1.807, 2.05) is 17.0 Å². The summed E-state index contributed by atoms with van der Waals surface area (Å²) in [6.07, 6.45) is 0.947. The summed E-state index contributed by atoms with van der Waals surface area (Å²) < 4.78 is 5.54. The highest BCUT2D eigenvalue weighted by atomic mass is 32.2. The number of hydrogen-bond acceptors (Lipinski definition) is 5. The van der Waals surface area contributed by atoms with Crippen LogP contribution in [0.25, 0.3) is 0 Å². The summed E-state index contributed by atoms with van der Waals surface area (Å²) in [7, 11) is 0. The molecule has 1 heterocycles. The van der Waals surface area contributed by atoms with Crippen LogP contribution in [0.3, 0.4) is 0 Å². The molecule has 5 nitrogen and oxygen atoms in total. The van der Waals surface area contributed by atoms with Gasteiger partial charge in [-0.25, -0.2) is 0 Å². The number of hydrogen-bond donors (Lipinski definition) is 2. The van der Waals surface area contributed by atoms with E-state index in [1.54, 1.807) is 48.2 Å². The van der Waals surface area contributed by atoms with Crippen molar-refractivity contribution in [3.8, 4) is 11.5 Å². The minimum absolute atomic E-state index is 0.00687. The molecule has 0 aromatic heterocycles. The van der Waals surface area contributed by atoms with Crippen LogP contribution < -0.4 is 4.74 Å². The number of phenols is 1. The molecule has 1 atom stereocenters. The van der Waals surface area contributed by atoms with Gasteiger partial charge in [0.2, 0.25) is 0 Å². The van der Waals surface area contributed by atoms with Gasteiger partial charge < -0.3 is 19.8 Å². The lowest BCUT2D eigenvalue weighted by atomic mass is 10.2. The normalized spacial score (nSPS) is 16.8. The molecule has 0 saturated carbocycles. The third kappa shape index (κ3) is 4.90. The third-order valence-corrected chi connectivity index (χ3v) is 5.37. The maximum absolute atomic E-state index is 12.3. The van der Waals surface area contributed by atoms with E-state index in [2.05, 4.69) is 0 Å². The second kappa shape index (κ2) is 8.27. The third-order valence-electron chi connectivity index (χ3n) is 4.11. The minimum atomic E-state index is -0.0139. The molecule has 1 saturated heterocycles. The molecule has 1 amide bonds. The van der Waals surface area contributed by atoms with Gasteiger partial charge in [-0.2, -0.15) is 0 Å². The first kappa shape index (κ1) is 17.6. The number of aromatic hydroxyl groups is 1. The number of benzene rings is 2. The average Bonchev–Trinajstić information content (AvgIpc) is 3.10. The van der Waals surface area contributed by atoms with Gasteiger partial charge in [0.05, 0.1) is 6.61 Å². The quantitative estimate of drug-likeness (QED) is 0.830. The molecule has 2 N–H and O–H groups in total. The number of carbonyl (C=O) groups is 1. The Bertz CT molecular complexity index is 702. The van der Waals surface area contributed by atoms with Crippen LogP contribution in [0.15, 0.2) is 53.4 Å². The van der Waals surface area contributed by atoms with E-state index in [9.17, 15) is 9.90 Å². The van der Waals surface area contributed by atoms with E-state index >= 15 is 0 Å². The van der Waals surface area contributed by atoms with Crippen molar-refractivity contribution in [2.45, 2.75) is 23.2 Å². The summed E-state index contributed by atoms with van der Waals surface area (Å²) in [6, 6.07) is 14.2. The van der Waals surface area contributed by atoms with Crippen molar-refractivity contribution in [1.82, 2.24) is 4.90 Å². The van der Waals surface area contributed by atoms with Crippen LogP contribution >= 0.6 is 11.8 Å². The Morgan fingerprint density at radius 3 is 2.56 bits per heavy atom. The molecule has 2 aromatic rings. The molecule has 6 heteroatoms. The fourth-order valence-electron chi connectivity index (χ4n) is 2.70. The van der Waals surface area contributed by atoms with Crippen LogP contribution in [0.2, 0.25) is 0 Å².